The third-order valence-corrected chi connectivity index (χ3v) is 5.34. The Hall–Kier alpha value is -2.51. The monoisotopic (exact) mass is 446 g/mol. The lowest BCUT2D eigenvalue weighted by molar-refractivity contribution is -0.139. The van der Waals surface area contributed by atoms with Gasteiger partial charge in [0.15, 0.2) is 11.5 Å². The summed E-state index contributed by atoms with van der Waals surface area (Å²) in [5.74, 6) is 0.329. The van der Waals surface area contributed by atoms with Crippen LogP contribution in [-0.4, -0.2) is 35.8 Å². The van der Waals surface area contributed by atoms with Crippen molar-refractivity contribution in [3.63, 3.8) is 0 Å². The van der Waals surface area contributed by atoms with E-state index in [1.807, 2.05) is 49.5 Å². The zero-order valence-electron chi connectivity index (χ0n) is 15.8. The Morgan fingerprint density at radius 1 is 1.29 bits per heavy atom. The van der Waals surface area contributed by atoms with Crippen molar-refractivity contribution in [1.29, 1.82) is 0 Å². The molecule has 0 fully saturated rings. The number of nitrogens with one attached hydrogen (secondary N) is 2. The van der Waals surface area contributed by atoms with Gasteiger partial charge in [0.25, 0.3) is 0 Å². The molecule has 0 aliphatic heterocycles. The van der Waals surface area contributed by atoms with Gasteiger partial charge in [-0.1, -0.05) is 34.1 Å². The van der Waals surface area contributed by atoms with Gasteiger partial charge in [0, 0.05) is 40.1 Å². The molecule has 148 valence electrons. The van der Waals surface area contributed by atoms with Gasteiger partial charge < -0.3 is 19.6 Å². The van der Waals surface area contributed by atoms with Gasteiger partial charge in [-0.05, 0) is 30.7 Å². The second kappa shape index (κ2) is 9.12. The molecule has 0 radical (unpaired) electrons. The third kappa shape index (κ3) is 4.31. The average molecular weight is 447 g/mol. The number of hydrogen-bond acceptors (Lipinski definition) is 4. The number of aromatic nitrogens is 1. The molecule has 0 aliphatic rings. The van der Waals surface area contributed by atoms with Crippen LogP contribution in [-0.2, 0) is 17.8 Å². The molecule has 28 heavy (non-hydrogen) atoms. The van der Waals surface area contributed by atoms with Crippen molar-refractivity contribution in [1.82, 2.24) is 10.3 Å². The van der Waals surface area contributed by atoms with E-state index in [0.717, 1.165) is 26.5 Å². The maximum atomic E-state index is 11.9. The summed E-state index contributed by atoms with van der Waals surface area (Å²) < 4.78 is 12.0. The molecule has 0 saturated carbocycles. The Balaban J connectivity index is 1.82. The molecule has 3 aromatic rings. The number of carbonyl (C=O) groups is 1. The van der Waals surface area contributed by atoms with Crippen molar-refractivity contribution in [3.8, 4) is 11.5 Å². The maximum absolute atomic E-state index is 11.9. The van der Waals surface area contributed by atoms with E-state index in [-0.39, 0.29) is 0 Å². The molecule has 0 amide bonds. The lowest BCUT2D eigenvalue weighted by atomic mass is 10.0. The van der Waals surface area contributed by atoms with E-state index in [4.69, 9.17) is 9.47 Å². The first-order valence-electron chi connectivity index (χ1n) is 9.04. The van der Waals surface area contributed by atoms with Crippen LogP contribution in [0.4, 0.5) is 0 Å². The van der Waals surface area contributed by atoms with E-state index in [1.165, 1.54) is 0 Å². The van der Waals surface area contributed by atoms with Gasteiger partial charge >= 0.3 is 5.97 Å². The maximum Gasteiger partial charge on any atom is 0.321 e. The molecule has 1 unspecified atom stereocenters. The number of hydrogen-bond donors (Lipinski definition) is 3. The van der Waals surface area contributed by atoms with Crippen LogP contribution in [0.15, 0.2) is 47.1 Å². The van der Waals surface area contributed by atoms with Gasteiger partial charge in [0.1, 0.15) is 6.04 Å². The Kier molecular flexibility index (Phi) is 6.59. The molecule has 2 aromatic carbocycles. The summed E-state index contributed by atoms with van der Waals surface area (Å²) in [6, 6.07) is 10.8. The molecule has 7 heteroatoms. The molecule has 1 atom stereocenters. The predicted octanol–water partition coefficient (Wildman–Crippen LogP) is 4.12. The molecule has 0 saturated heterocycles. The first-order chi connectivity index (χ1) is 13.5. The highest BCUT2D eigenvalue weighted by Crippen LogP contribution is 2.36. The molecule has 1 heterocycles. The van der Waals surface area contributed by atoms with Gasteiger partial charge in [0.2, 0.25) is 0 Å². The highest BCUT2D eigenvalue weighted by molar-refractivity contribution is 9.10. The largest absolute Gasteiger partial charge is 0.493 e. The second-order valence-corrected chi connectivity index (χ2v) is 7.18. The normalized spacial score (nSPS) is 12.1. The number of carboxylic acid groups (broad SMARTS) is 1. The van der Waals surface area contributed by atoms with Crippen molar-refractivity contribution in [2.45, 2.75) is 25.9 Å². The summed E-state index contributed by atoms with van der Waals surface area (Å²) in [6.07, 6.45) is 2.24. The number of aliphatic carboxylic acids is 1. The van der Waals surface area contributed by atoms with Crippen LogP contribution in [0, 0.1) is 0 Å². The number of aromatic amines is 1. The number of ether oxygens (including phenoxy) is 2. The van der Waals surface area contributed by atoms with Crippen LogP contribution < -0.4 is 14.8 Å². The number of para-hydroxylation sites is 1. The summed E-state index contributed by atoms with van der Waals surface area (Å²) >= 11 is 3.53. The van der Waals surface area contributed by atoms with Crippen molar-refractivity contribution in [2.75, 3.05) is 13.7 Å². The number of halogens is 1. The fraction of sp³-hybridized carbons (Fsp3) is 0.286. The van der Waals surface area contributed by atoms with Gasteiger partial charge in [-0.15, -0.1) is 0 Å². The van der Waals surface area contributed by atoms with Crippen LogP contribution in [0.1, 0.15) is 18.1 Å². The molecule has 1 aromatic heterocycles. The number of benzene rings is 2. The number of H-pyrrole nitrogens is 1. The topological polar surface area (TPSA) is 83.6 Å². The quantitative estimate of drug-likeness (QED) is 0.460. The van der Waals surface area contributed by atoms with Crippen molar-refractivity contribution in [3.05, 3.63) is 58.2 Å². The zero-order valence-corrected chi connectivity index (χ0v) is 17.4. The number of carboxylic acids is 1. The zero-order chi connectivity index (χ0) is 20.1. The molecule has 3 rings (SSSR count). The van der Waals surface area contributed by atoms with Gasteiger partial charge in [-0.2, -0.15) is 0 Å². The third-order valence-electron chi connectivity index (χ3n) is 4.60. The minimum atomic E-state index is -0.901. The summed E-state index contributed by atoms with van der Waals surface area (Å²) in [5, 5.41) is 13.9. The number of methoxy groups -OCH3 is 1. The van der Waals surface area contributed by atoms with Crippen LogP contribution in [0.2, 0.25) is 0 Å². The molecule has 3 N–H and O–H groups in total. The van der Waals surface area contributed by atoms with E-state index in [0.29, 0.717) is 31.1 Å². The van der Waals surface area contributed by atoms with E-state index >= 15 is 0 Å². The Morgan fingerprint density at radius 3 is 2.79 bits per heavy atom. The van der Waals surface area contributed by atoms with Crippen LogP contribution >= 0.6 is 15.9 Å². The first kappa shape index (κ1) is 20.2. The van der Waals surface area contributed by atoms with Gasteiger partial charge in [0.05, 0.1) is 13.7 Å². The van der Waals surface area contributed by atoms with Crippen LogP contribution in [0.3, 0.4) is 0 Å². The van der Waals surface area contributed by atoms with E-state index < -0.39 is 12.0 Å². The molecule has 6 nitrogen and oxygen atoms in total. The van der Waals surface area contributed by atoms with Crippen molar-refractivity contribution >= 4 is 32.8 Å². The van der Waals surface area contributed by atoms with E-state index in [2.05, 4.69) is 26.2 Å². The SMILES string of the molecule is CCOc1c(OC)ccc(Br)c1CNC(Cc1c[nH]c2ccccc12)C(=O)O. The Labute approximate surface area is 172 Å². The van der Waals surface area contributed by atoms with Crippen molar-refractivity contribution in [2.24, 2.45) is 0 Å². The Morgan fingerprint density at radius 2 is 2.07 bits per heavy atom. The molecular formula is C21H23BrN2O4. The summed E-state index contributed by atoms with van der Waals surface area (Å²) in [7, 11) is 1.58. The summed E-state index contributed by atoms with van der Waals surface area (Å²) in [4.78, 5) is 15.1. The molecule has 0 bridgehead atoms. The second-order valence-electron chi connectivity index (χ2n) is 6.33. The molecule has 0 aliphatic carbocycles. The van der Waals surface area contributed by atoms with Gasteiger partial charge in [-0.3, -0.25) is 10.1 Å². The van der Waals surface area contributed by atoms with Crippen LogP contribution in [0.25, 0.3) is 10.9 Å². The predicted molar refractivity (Wildman–Crippen MR) is 112 cm³/mol. The lowest BCUT2D eigenvalue weighted by Gasteiger charge is -2.19. The number of fused-ring (bicyclic) bond motifs is 1. The smallest absolute Gasteiger partial charge is 0.321 e. The van der Waals surface area contributed by atoms with Crippen molar-refractivity contribution < 1.29 is 19.4 Å². The van der Waals surface area contributed by atoms with E-state index in [1.54, 1.807) is 7.11 Å². The minimum Gasteiger partial charge on any atom is -0.493 e. The highest BCUT2D eigenvalue weighted by Gasteiger charge is 2.21. The first-order valence-corrected chi connectivity index (χ1v) is 9.83. The summed E-state index contributed by atoms with van der Waals surface area (Å²) in [6.45, 7) is 2.71. The highest BCUT2D eigenvalue weighted by atomic mass is 79.9. The lowest BCUT2D eigenvalue weighted by Crippen LogP contribution is -2.38. The standard InChI is InChI=1S/C21H23BrN2O4/c1-3-28-20-15(16(22)8-9-19(20)27-2)12-24-18(21(25)26)10-13-11-23-17-7-5-4-6-14(13)17/h4-9,11,18,23-24H,3,10,12H2,1-2H3,(H,25,26). The fourth-order valence-corrected chi connectivity index (χ4v) is 3.66. The molecular weight excluding hydrogens is 424 g/mol. The number of rotatable bonds is 9. The van der Waals surface area contributed by atoms with Crippen LogP contribution in [0.5, 0.6) is 11.5 Å². The summed E-state index contributed by atoms with van der Waals surface area (Å²) in [5.41, 5.74) is 2.78. The molecule has 0 spiro atoms. The average Bonchev–Trinajstić information content (AvgIpc) is 3.10. The Bertz CT molecular complexity index is 970. The van der Waals surface area contributed by atoms with Gasteiger partial charge in [-0.25, -0.2) is 0 Å². The fourth-order valence-electron chi connectivity index (χ4n) is 3.20. The van der Waals surface area contributed by atoms with E-state index in [9.17, 15) is 9.90 Å². The minimum absolute atomic E-state index is 0.326.